The van der Waals surface area contributed by atoms with Gasteiger partial charge in [0, 0.05) is 86.4 Å². The fourth-order valence-corrected chi connectivity index (χ4v) is 6.40. The highest BCUT2D eigenvalue weighted by atomic mass is 16.5. The molecule has 2 fully saturated rings. The van der Waals surface area contributed by atoms with Crippen molar-refractivity contribution in [3.8, 4) is 5.69 Å². The van der Waals surface area contributed by atoms with Crippen LogP contribution in [-0.4, -0.2) is 84.9 Å². The summed E-state index contributed by atoms with van der Waals surface area (Å²) in [4.78, 5) is 39.0. The summed E-state index contributed by atoms with van der Waals surface area (Å²) in [5, 5.41) is 10.7. The van der Waals surface area contributed by atoms with Gasteiger partial charge in [-0.05, 0) is 78.7 Å². The topological polar surface area (TPSA) is 181 Å². The summed E-state index contributed by atoms with van der Waals surface area (Å²) >= 11 is 0. The summed E-state index contributed by atoms with van der Waals surface area (Å²) in [6.07, 6.45) is 5.00. The van der Waals surface area contributed by atoms with E-state index >= 15 is 0 Å². The lowest BCUT2D eigenvalue weighted by Gasteiger charge is -2.31. The Morgan fingerprint density at radius 3 is 2.39 bits per heavy atom. The Labute approximate surface area is 319 Å². The maximum atomic E-state index is 12.7. The van der Waals surface area contributed by atoms with Crippen LogP contribution in [0.5, 0.6) is 0 Å². The lowest BCUT2D eigenvalue weighted by molar-refractivity contribution is 0.0857. The van der Waals surface area contributed by atoms with Crippen molar-refractivity contribution < 1.29 is 9.53 Å². The molecule has 2 saturated heterocycles. The monoisotopic (exact) mass is 740 g/mol. The average Bonchev–Trinajstić information content (AvgIpc) is 3.82. The smallest absolute Gasteiger partial charge is 0.354 e. The summed E-state index contributed by atoms with van der Waals surface area (Å²) < 4.78 is 7.18. The number of H-pyrrole nitrogens is 1. The Hall–Kier alpha value is -4.72. The van der Waals surface area contributed by atoms with Crippen molar-refractivity contribution in [1.29, 1.82) is 0 Å². The maximum absolute atomic E-state index is 12.7. The van der Waals surface area contributed by atoms with Crippen LogP contribution in [0.4, 0.5) is 5.69 Å². The summed E-state index contributed by atoms with van der Waals surface area (Å²) in [5.74, 6) is 0.121. The predicted octanol–water partition coefficient (Wildman–Crippen LogP) is 4.07. The number of amides is 1. The first-order valence-electron chi connectivity index (χ1n) is 19.2. The quantitative estimate of drug-likeness (QED) is 0.0751. The lowest BCUT2D eigenvalue weighted by Crippen LogP contribution is -2.43. The Kier molecular flexibility index (Phi) is 13.5. The van der Waals surface area contributed by atoms with Gasteiger partial charge in [0.05, 0.1) is 11.8 Å². The normalized spacial score (nSPS) is 16.2. The van der Waals surface area contributed by atoms with Crippen LogP contribution in [0.15, 0.2) is 64.5 Å². The SMILES string of the molecule is CC(C)(C)c1cc(C(=O)NCC2CCCO2)cc(N2CCNCC2)c1.CC(C)(C)c1cc2cn(-c3ccc(CNCCCN=C(N)N)cc3)c(=O)nc2[nH]1. The molecule has 1 unspecified atom stereocenters. The zero-order chi connectivity index (χ0) is 38.9. The summed E-state index contributed by atoms with van der Waals surface area (Å²) in [5.41, 5.74) is 17.0. The molecule has 0 bridgehead atoms. The van der Waals surface area contributed by atoms with E-state index in [2.05, 4.69) is 89.5 Å². The summed E-state index contributed by atoms with van der Waals surface area (Å²) in [7, 11) is 0. The molecule has 0 spiro atoms. The first kappa shape index (κ1) is 40.5. The molecule has 2 aromatic carbocycles. The van der Waals surface area contributed by atoms with Gasteiger partial charge in [-0.3, -0.25) is 14.4 Å². The number of carbonyl (C=O) groups is 1. The molecule has 2 aromatic heterocycles. The van der Waals surface area contributed by atoms with Crippen molar-refractivity contribution in [2.24, 2.45) is 16.5 Å². The van der Waals surface area contributed by atoms with E-state index in [4.69, 9.17) is 16.2 Å². The zero-order valence-electron chi connectivity index (χ0n) is 32.9. The molecule has 0 aliphatic carbocycles. The third-order valence-electron chi connectivity index (χ3n) is 9.71. The van der Waals surface area contributed by atoms with Gasteiger partial charge in [-0.25, -0.2) is 4.79 Å². The van der Waals surface area contributed by atoms with Gasteiger partial charge in [0.1, 0.15) is 5.65 Å². The van der Waals surface area contributed by atoms with Gasteiger partial charge in [-0.15, -0.1) is 0 Å². The number of aliphatic imine (C=N–C) groups is 1. The minimum Gasteiger partial charge on any atom is -0.376 e. The molecular formula is C41H60N10O3. The van der Waals surface area contributed by atoms with Crippen LogP contribution in [0.2, 0.25) is 0 Å². The number of aromatic amines is 1. The molecule has 2 aliphatic heterocycles. The molecule has 1 atom stereocenters. The molecule has 4 heterocycles. The van der Waals surface area contributed by atoms with Gasteiger partial charge in [0.15, 0.2) is 5.96 Å². The molecule has 2 aliphatic rings. The third kappa shape index (κ3) is 11.4. The first-order valence-corrected chi connectivity index (χ1v) is 19.2. The van der Waals surface area contributed by atoms with Gasteiger partial charge in [-0.2, -0.15) is 4.98 Å². The number of benzene rings is 2. The molecule has 6 rings (SSSR count). The number of anilines is 1. The standard InChI is InChI=1S/C21H29N7O.C20H31N3O2/c1-21(2,3)17-11-15-13-28(20(29)27-18(15)26-17)16-7-5-14(6-8-16)12-24-9-4-10-25-19(22)23;1-20(2,3)16-11-15(19(24)22-14-18-5-4-10-25-18)12-17(13-16)23-8-6-21-7-9-23/h5-8,11,13,24H,4,9-10,12H2,1-3H3,(H4,22,23,25)(H,26,27,29);11-13,18,21H,4-10,14H2,1-3H3,(H,22,24). The van der Waals surface area contributed by atoms with E-state index in [1.807, 2.05) is 42.6 Å². The number of guanidine groups is 1. The van der Waals surface area contributed by atoms with E-state index in [-0.39, 0.29) is 34.5 Å². The minimum absolute atomic E-state index is 0.00187. The highest BCUT2D eigenvalue weighted by Gasteiger charge is 2.22. The summed E-state index contributed by atoms with van der Waals surface area (Å²) in [6, 6.07) is 16.2. The maximum Gasteiger partial charge on any atom is 0.354 e. The molecule has 13 nitrogen and oxygen atoms in total. The Balaban J connectivity index is 0.000000210. The van der Waals surface area contributed by atoms with Crippen LogP contribution in [0.25, 0.3) is 16.7 Å². The second-order valence-electron chi connectivity index (χ2n) is 16.2. The number of nitrogens with zero attached hydrogens (tertiary/aromatic N) is 4. The molecular weight excluding hydrogens is 681 g/mol. The van der Waals surface area contributed by atoms with Gasteiger partial charge in [0.25, 0.3) is 5.91 Å². The van der Waals surface area contributed by atoms with E-state index in [1.165, 1.54) is 5.56 Å². The molecule has 0 saturated carbocycles. The number of nitrogens with two attached hydrogens (primary N) is 2. The van der Waals surface area contributed by atoms with E-state index in [1.54, 1.807) is 4.57 Å². The molecule has 54 heavy (non-hydrogen) atoms. The Morgan fingerprint density at radius 1 is 1.00 bits per heavy atom. The Morgan fingerprint density at radius 2 is 1.74 bits per heavy atom. The second kappa shape index (κ2) is 18.1. The van der Waals surface area contributed by atoms with Crippen molar-refractivity contribution in [2.45, 2.75) is 84.3 Å². The minimum atomic E-state index is -0.301. The Bertz CT molecular complexity index is 1920. The van der Waals surface area contributed by atoms with Gasteiger partial charge >= 0.3 is 5.69 Å². The number of ether oxygens (including phenoxy) is 1. The highest BCUT2D eigenvalue weighted by Crippen LogP contribution is 2.29. The number of rotatable bonds is 11. The number of hydrogen-bond acceptors (Lipinski definition) is 8. The third-order valence-corrected chi connectivity index (χ3v) is 9.71. The fraction of sp³-hybridized carbons (Fsp3) is 0.512. The number of hydrogen-bond donors (Lipinski definition) is 6. The van der Waals surface area contributed by atoms with E-state index in [0.717, 1.165) is 98.7 Å². The second-order valence-corrected chi connectivity index (χ2v) is 16.2. The number of carbonyl (C=O) groups excluding carboxylic acids is 1. The molecule has 8 N–H and O–H groups in total. The van der Waals surface area contributed by atoms with Crippen LogP contribution in [0, 0.1) is 0 Å². The molecule has 0 radical (unpaired) electrons. The van der Waals surface area contributed by atoms with Crippen molar-refractivity contribution in [1.82, 2.24) is 30.5 Å². The number of nitrogens with one attached hydrogen (secondary N) is 4. The molecule has 13 heteroatoms. The van der Waals surface area contributed by atoms with E-state index < -0.39 is 0 Å². The van der Waals surface area contributed by atoms with Crippen LogP contribution in [-0.2, 0) is 22.1 Å². The van der Waals surface area contributed by atoms with Gasteiger partial charge < -0.3 is 42.0 Å². The van der Waals surface area contributed by atoms with Gasteiger partial charge in [-0.1, -0.05) is 53.7 Å². The lowest BCUT2D eigenvalue weighted by atomic mass is 9.85. The highest BCUT2D eigenvalue weighted by molar-refractivity contribution is 5.95. The van der Waals surface area contributed by atoms with Crippen LogP contribution >= 0.6 is 0 Å². The van der Waals surface area contributed by atoms with Crippen LogP contribution in [0.3, 0.4) is 0 Å². The van der Waals surface area contributed by atoms with Crippen molar-refractivity contribution >= 4 is 28.6 Å². The van der Waals surface area contributed by atoms with Crippen LogP contribution < -0.4 is 38.0 Å². The van der Waals surface area contributed by atoms with Crippen LogP contribution in [0.1, 0.15) is 88.0 Å². The molecule has 1 amide bonds. The number of piperazine rings is 1. The van der Waals surface area contributed by atoms with Crippen molar-refractivity contribution in [2.75, 3.05) is 57.3 Å². The fourth-order valence-electron chi connectivity index (χ4n) is 6.40. The van der Waals surface area contributed by atoms with Gasteiger partial charge in [0.2, 0.25) is 0 Å². The van der Waals surface area contributed by atoms with E-state index in [9.17, 15) is 9.59 Å². The number of fused-ring (bicyclic) bond motifs is 1. The number of aromatic nitrogens is 3. The summed E-state index contributed by atoms with van der Waals surface area (Å²) in [6.45, 7) is 20.5. The van der Waals surface area contributed by atoms with Crippen molar-refractivity contribution in [3.63, 3.8) is 0 Å². The molecule has 292 valence electrons. The average molecular weight is 741 g/mol. The zero-order valence-corrected chi connectivity index (χ0v) is 32.9. The van der Waals surface area contributed by atoms with E-state index in [0.29, 0.717) is 18.7 Å². The molecule has 4 aromatic rings. The largest absolute Gasteiger partial charge is 0.376 e. The van der Waals surface area contributed by atoms with Crippen molar-refractivity contribution in [3.05, 3.63) is 87.6 Å². The predicted molar refractivity (Wildman–Crippen MR) is 219 cm³/mol. The first-order chi connectivity index (χ1) is 25.7.